The fraction of sp³-hybridized carbons (Fsp3) is 0. The van der Waals surface area contributed by atoms with Crippen LogP contribution >= 0.6 is 0 Å². The number of hydrogen-bond acceptors (Lipinski definition) is 3. The minimum absolute atomic E-state index is 0.0475. The van der Waals surface area contributed by atoms with Crippen LogP contribution in [0.4, 0.5) is 5.69 Å². The first kappa shape index (κ1) is 8.98. The highest BCUT2D eigenvalue weighted by Crippen LogP contribution is 2.07. The van der Waals surface area contributed by atoms with E-state index in [0.717, 1.165) is 0 Å². The van der Waals surface area contributed by atoms with Crippen LogP contribution in [0.3, 0.4) is 0 Å². The Labute approximate surface area is 73.9 Å². The maximum atomic E-state index is 10.5. The zero-order valence-corrected chi connectivity index (χ0v) is 6.61. The summed E-state index contributed by atoms with van der Waals surface area (Å²) in [5.41, 5.74) is 5.48. The smallest absolute Gasteiger partial charge is 0.337 e. The van der Waals surface area contributed by atoms with E-state index >= 15 is 0 Å². The van der Waals surface area contributed by atoms with Crippen molar-refractivity contribution in [1.82, 2.24) is 4.98 Å². The zero-order chi connectivity index (χ0) is 9.84. The molecule has 1 aromatic rings. The van der Waals surface area contributed by atoms with E-state index in [9.17, 15) is 4.79 Å². The lowest BCUT2D eigenvalue weighted by Gasteiger charge is -2.02. The second-order valence-corrected chi connectivity index (χ2v) is 2.31. The summed E-state index contributed by atoms with van der Waals surface area (Å²) in [6.07, 6.45) is 2.60. The molecule has 0 atom stereocenters. The largest absolute Gasteiger partial charge is 0.478 e. The van der Waals surface area contributed by atoms with E-state index in [1.807, 2.05) is 0 Å². The van der Waals surface area contributed by atoms with Gasteiger partial charge in [-0.25, -0.2) is 4.79 Å². The van der Waals surface area contributed by atoms with Crippen molar-refractivity contribution in [3.05, 3.63) is 24.0 Å². The molecular weight excluding hydrogens is 172 g/mol. The average molecular weight is 180 g/mol. The lowest BCUT2D eigenvalue weighted by molar-refractivity contribution is 0.0696. The van der Waals surface area contributed by atoms with Crippen molar-refractivity contribution in [3.63, 3.8) is 0 Å². The Kier molecular flexibility index (Phi) is 2.44. The predicted octanol–water partition coefficient (Wildman–Crippen LogP) is 0.0852. The van der Waals surface area contributed by atoms with E-state index in [4.69, 9.17) is 16.2 Å². The van der Waals surface area contributed by atoms with E-state index in [-0.39, 0.29) is 11.5 Å². The summed E-state index contributed by atoms with van der Waals surface area (Å²) in [6, 6.07) is 1.34. The Morgan fingerprint density at radius 1 is 1.62 bits per heavy atom. The van der Waals surface area contributed by atoms with Gasteiger partial charge in [0, 0.05) is 6.20 Å². The van der Waals surface area contributed by atoms with Gasteiger partial charge in [0.25, 0.3) is 0 Å². The molecule has 6 heteroatoms. The van der Waals surface area contributed by atoms with E-state index in [1.54, 1.807) is 0 Å². The number of anilines is 1. The number of carbonyl (C=O) groups is 1. The molecule has 6 nitrogen and oxygen atoms in total. The number of carboxylic acid groups (broad SMARTS) is 1. The van der Waals surface area contributed by atoms with Gasteiger partial charge in [-0.3, -0.25) is 10.4 Å². The average Bonchev–Trinajstić information content (AvgIpc) is 2.03. The van der Waals surface area contributed by atoms with Crippen molar-refractivity contribution in [2.45, 2.75) is 0 Å². The molecule has 1 rings (SSSR count). The van der Waals surface area contributed by atoms with Crippen LogP contribution in [0, 0.1) is 5.41 Å². The summed E-state index contributed by atoms with van der Waals surface area (Å²) in [7, 11) is 0. The molecule has 0 saturated heterocycles. The lowest BCUT2D eigenvalue weighted by atomic mass is 10.3. The fourth-order valence-corrected chi connectivity index (χ4v) is 0.781. The molecule has 0 spiro atoms. The van der Waals surface area contributed by atoms with Crippen LogP contribution in [0.25, 0.3) is 0 Å². The number of aromatic nitrogens is 1. The SMILES string of the molecule is N=C(N)Nc1cncc(C(=O)O)c1. The van der Waals surface area contributed by atoms with Gasteiger partial charge in [0.1, 0.15) is 0 Å². The third-order valence-electron chi connectivity index (χ3n) is 1.26. The van der Waals surface area contributed by atoms with Crippen molar-refractivity contribution in [3.8, 4) is 0 Å². The van der Waals surface area contributed by atoms with Crippen molar-refractivity contribution >= 4 is 17.6 Å². The number of nitrogens with two attached hydrogens (primary N) is 1. The second kappa shape index (κ2) is 3.53. The molecule has 5 N–H and O–H groups in total. The highest BCUT2D eigenvalue weighted by molar-refractivity contribution is 5.92. The molecule has 0 aliphatic rings. The van der Waals surface area contributed by atoms with Crippen LogP contribution < -0.4 is 11.1 Å². The standard InChI is InChI=1S/C7H8N4O2/c8-7(9)11-5-1-4(6(12)13)2-10-3-5/h1-3H,(H,12,13)(H4,8,9,11). The number of carboxylic acids is 1. The molecule has 0 aliphatic carbocycles. The van der Waals surface area contributed by atoms with E-state index in [0.29, 0.717) is 5.69 Å². The summed E-state index contributed by atoms with van der Waals surface area (Å²) in [4.78, 5) is 14.1. The second-order valence-electron chi connectivity index (χ2n) is 2.31. The van der Waals surface area contributed by atoms with Crippen molar-refractivity contribution in [2.24, 2.45) is 5.73 Å². The maximum absolute atomic E-state index is 10.5. The number of nitrogens with one attached hydrogen (secondary N) is 2. The van der Waals surface area contributed by atoms with Crippen LogP contribution in [-0.4, -0.2) is 22.0 Å². The molecule has 0 bridgehead atoms. The number of hydrogen-bond donors (Lipinski definition) is 4. The van der Waals surface area contributed by atoms with E-state index < -0.39 is 5.97 Å². The first-order chi connectivity index (χ1) is 6.09. The molecule has 0 unspecified atom stereocenters. The van der Waals surface area contributed by atoms with Crippen molar-refractivity contribution < 1.29 is 9.90 Å². The molecule has 1 aromatic heterocycles. The number of pyridine rings is 1. The van der Waals surface area contributed by atoms with Gasteiger partial charge < -0.3 is 16.2 Å². The minimum atomic E-state index is -1.07. The van der Waals surface area contributed by atoms with Gasteiger partial charge in [-0.2, -0.15) is 0 Å². The van der Waals surface area contributed by atoms with Gasteiger partial charge in [-0.05, 0) is 6.07 Å². The van der Waals surface area contributed by atoms with Gasteiger partial charge >= 0.3 is 5.97 Å². The lowest BCUT2D eigenvalue weighted by Crippen LogP contribution is -2.20. The highest BCUT2D eigenvalue weighted by Gasteiger charge is 2.03. The molecule has 0 aliphatic heterocycles. The fourth-order valence-electron chi connectivity index (χ4n) is 0.781. The third kappa shape index (κ3) is 2.44. The van der Waals surface area contributed by atoms with Crippen LogP contribution in [-0.2, 0) is 0 Å². The Bertz CT molecular complexity index is 350. The van der Waals surface area contributed by atoms with Crippen LogP contribution in [0.15, 0.2) is 18.5 Å². The van der Waals surface area contributed by atoms with Gasteiger partial charge in [0.05, 0.1) is 17.4 Å². The topological polar surface area (TPSA) is 112 Å². The van der Waals surface area contributed by atoms with E-state index in [2.05, 4.69) is 10.3 Å². The molecule has 0 fully saturated rings. The molecule has 68 valence electrons. The Morgan fingerprint density at radius 2 is 2.31 bits per heavy atom. The number of nitrogens with zero attached hydrogens (tertiary/aromatic N) is 1. The summed E-state index contributed by atoms with van der Waals surface area (Å²) in [6.45, 7) is 0. The molecule has 0 radical (unpaired) electrons. The summed E-state index contributed by atoms with van der Waals surface area (Å²) in [5, 5.41) is 17.9. The van der Waals surface area contributed by atoms with Crippen molar-refractivity contribution in [1.29, 1.82) is 5.41 Å². The number of aromatic carboxylic acids is 1. The Morgan fingerprint density at radius 3 is 2.85 bits per heavy atom. The van der Waals surface area contributed by atoms with Gasteiger partial charge in [0.2, 0.25) is 0 Å². The van der Waals surface area contributed by atoms with Crippen molar-refractivity contribution in [2.75, 3.05) is 5.32 Å². The molecule has 0 amide bonds. The Balaban J connectivity index is 2.91. The maximum Gasteiger partial charge on any atom is 0.337 e. The quantitative estimate of drug-likeness (QED) is 0.380. The number of rotatable bonds is 2. The van der Waals surface area contributed by atoms with Crippen LogP contribution in [0.2, 0.25) is 0 Å². The summed E-state index contributed by atoms with van der Waals surface area (Å²) < 4.78 is 0. The zero-order valence-electron chi connectivity index (χ0n) is 6.61. The molecule has 1 heterocycles. The van der Waals surface area contributed by atoms with Crippen LogP contribution in [0.5, 0.6) is 0 Å². The highest BCUT2D eigenvalue weighted by atomic mass is 16.4. The van der Waals surface area contributed by atoms with Crippen LogP contribution in [0.1, 0.15) is 10.4 Å². The first-order valence-electron chi connectivity index (χ1n) is 3.39. The molecular formula is C7H8N4O2. The molecule has 13 heavy (non-hydrogen) atoms. The van der Waals surface area contributed by atoms with Gasteiger partial charge in [0.15, 0.2) is 5.96 Å². The van der Waals surface area contributed by atoms with E-state index in [1.165, 1.54) is 18.5 Å². The molecule has 0 saturated carbocycles. The van der Waals surface area contributed by atoms with Gasteiger partial charge in [-0.1, -0.05) is 0 Å². The third-order valence-corrected chi connectivity index (χ3v) is 1.26. The minimum Gasteiger partial charge on any atom is -0.478 e. The predicted molar refractivity (Wildman–Crippen MR) is 46.7 cm³/mol. The first-order valence-corrected chi connectivity index (χ1v) is 3.39. The number of guanidine groups is 1. The monoisotopic (exact) mass is 180 g/mol. The molecule has 0 aromatic carbocycles. The van der Waals surface area contributed by atoms with Gasteiger partial charge in [-0.15, -0.1) is 0 Å². The summed E-state index contributed by atoms with van der Waals surface area (Å²) in [5.74, 6) is -1.33. The summed E-state index contributed by atoms with van der Waals surface area (Å²) >= 11 is 0. The Hall–Kier alpha value is -2.11. The normalized spacial score (nSPS) is 9.23.